The van der Waals surface area contributed by atoms with E-state index in [9.17, 15) is 8.42 Å². The fourth-order valence-electron chi connectivity index (χ4n) is 4.49. The number of rotatable bonds is 4. The summed E-state index contributed by atoms with van der Waals surface area (Å²) < 4.78 is 29.4. The van der Waals surface area contributed by atoms with Crippen molar-refractivity contribution < 1.29 is 8.42 Å². The van der Waals surface area contributed by atoms with Gasteiger partial charge in [-0.3, -0.25) is 4.90 Å². The molecule has 0 spiro atoms. The maximum Gasteiger partial charge on any atom is 0.256 e. The largest absolute Gasteiger partial charge is 0.368 e. The number of fused-ring (bicyclic) bond motifs is 3. The zero-order valence-corrected chi connectivity index (χ0v) is 20.2. The van der Waals surface area contributed by atoms with Crippen LogP contribution in [0.3, 0.4) is 0 Å². The molecule has 33 heavy (non-hydrogen) atoms. The van der Waals surface area contributed by atoms with E-state index < -0.39 is 15.6 Å². The van der Waals surface area contributed by atoms with Crippen molar-refractivity contribution in [1.29, 1.82) is 0 Å². The third kappa shape index (κ3) is 4.04. The minimum atomic E-state index is -3.57. The van der Waals surface area contributed by atoms with E-state index in [2.05, 4.69) is 54.7 Å². The van der Waals surface area contributed by atoms with Crippen LogP contribution in [0.1, 0.15) is 27.7 Å². The molecule has 5 rings (SSSR count). The van der Waals surface area contributed by atoms with E-state index >= 15 is 0 Å². The van der Waals surface area contributed by atoms with Gasteiger partial charge in [-0.25, -0.2) is 23.1 Å². The molecule has 2 aliphatic heterocycles. The molecule has 1 fully saturated rings. The lowest BCUT2D eigenvalue weighted by molar-refractivity contribution is 0.209. The third-order valence-electron chi connectivity index (χ3n) is 6.48. The van der Waals surface area contributed by atoms with E-state index in [0.29, 0.717) is 35.4 Å². The van der Waals surface area contributed by atoms with Gasteiger partial charge in [0.1, 0.15) is 11.5 Å². The van der Waals surface area contributed by atoms with Crippen LogP contribution in [0.15, 0.2) is 35.6 Å². The highest BCUT2D eigenvalue weighted by Crippen LogP contribution is 2.32. The monoisotopic (exact) mass is 470 g/mol. The van der Waals surface area contributed by atoms with Crippen molar-refractivity contribution in [3.05, 3.63) is 30.6 Å². The third-order valence-corrected chi connectivity index (χ3v) is 7.86. The molecule has 2 N–H and O–H groups in total. The van der Waals surface area contributed by atoms with Crippen LogP contribution in [-0.4, -0.2) is 71.6 Å². The smallest absolute Gasteiger partial charge is 0.256 e. The molecular formula is C22H30N8O2S. The molecule has 0 radical (unpaired) electrons. The Hall–Kier alpha value is -2.76. The van der Waals surface area contributed by atoms with Gasteiger partial charge in [0.05, 0.1) is 17.4 Å². The number of sulfonamides is 1. The first-order chi connectivity index (χ1) is 15.6. The average molecular weight is 471 g/mol. The Kier molecular flexibility index (Phi) is 5.30. The van der Waals surface area contributed by atoms with Crippen molar-refractivity contribution in [2.75, 3.05) is 42.9 Å². The number of nitrogens with one attached hydrogen (secondary N) is 2. The number of nitrogens with zero attached hydrogens (tertiary/aromatic N) is 6. The van der Waals surface area contributed by atoms with Crippen molar-refractivity contribution in [3.63, 3.8) is 0 Å². The van der Waals surface area contributed by atoms with Gasteiger partial charge in [0.25, 0.3) is 10.0 Å². The Morgan fingerprint density at radius 2 is 1.85 bits per heavy atom. The number of piperazine rings is 1. The second kappa shape index (κ2) is 7.93. The number of aromatic nitrogens is 4. The minimum Gasteiger partial charge on any atom is -0.368 e. The van der Waals surface area contributed by atoms with Crippen molar-refractivity contribution in [2.45, 2.75) is 44.3 Å². The summed E-state index contributed by atoms with van der Waals surface area (Å²) in [6, 6.07) is 6.17. The van der Waals surface area contributed by atoms with Crippen LogP contribution < -0.4 is 14.9 Å². The first-order valence-corrected chi connectivity index (χ1v) is 12.7. The molecule has 11 heteroatoms. The predicted octanol–water partition coefficient (Wildman–Crippen LogP) is 2.13. The van der Waals surface area contributed by atoms with Gasteiger partial charge in [-0.2, -0.15) is 4.98 Å². The molecule has 0 bridgehead atoms. The van der Waals surface area contributed by atoms with Gasteiger partial charge in [0.15, 0.2) is 5.03 Å². The van der Waals surface area contributed by atoms with Crippen LogP contribution in [0.4, 0.5) is 17.5 Å². The standard InChI is InChI=1S/C22H30N8O2S/c1-15(2)28-7-9-29(10-8-28)17-5-6-18(23-13-17)26-21-24-12-16-11-19-30(20(16)27-21)22(3,4)14-25-33(19,31)32/h5-6,11-13,15,25H,7-10,14H2,1-4H3,(H,23,24,26,27). The van der Waals surface area contributed by atoms with E-state index in [1.165, 1.54) is 0 Å². The van der Waals surface area contributed by atoms with Crippen LogP contribution >= 0.6 is 0 Å². The van der Waals surface area contributed by atoms with Crippen molar-refractivity contribution in [2.24, 2.45) is 0 Å². The van der Waals surface area contributed by atoms with Gasteiger partial charge in [0, 0.05) is 50.3 Å². The van der Waals surface area contributed by atoms with Gasteiger partial charge in [0.2, 0.25) is 5.95 Å². The summed E-state index contributed by atoms with van der Waals surface area (Å²) in [4.78, 5) is 18.4. The van der Waals surface area contributed by atoms with Crippen molar-refractivity contribution in [3.8, 4) is 0 Å². The first-order valence-electron chi connectivity index (χ1n) is 11.2. The van der Waals surface area contributed by atoms with Gasteiger partial charge in [-0.1, -0.05) is 0 Å². The molecular weight excluding hydrogens is 440 g/mol. The van der Waals surface area contributed by atoms with Gasteiger partial charge >= 0.3 is 0 Å². The summed E-state index contributed by atoms with van der Waals surface area (Å²) in [5, 5.41) is 4.04. The van der Waals surface area contributed by atoms with E-state index in [1.54, 1.807) is 16.8 Å². The Morgan fingerprint density at radius 1 is 1.09 bits per heavy atom. The van der Waals surface area contributed by atoms with E-state index in [0.717, 1.165) is 31.9 Å². The van der Waals surface area contributed by atoms with Gasteiger partial charge in [-0.05, 0) is 45.9 Å². The number of anilines is 3. The second-order valence-electron chi connectivity index (χ2n) is 9.57. The lowest BCUT2D eigenvalue weighted by atomic mass is 10.1. The van der Waals surface area contributed by atoms with Crippen molar-refractivity contribution >= 4 is 38.5 Å². The molecule has 0 unspecified atom stereocenters. The molecule has 2 aliphatic rings. The average Bonchev–Trinajstić information content (AvgIpc) is 3.19. The Labute approximate surface area is 194 Å². The molecule has 0 amide bonds. The van der Waals surface area contributed by atoms with Crippen molar-refractivity contribution in [1.82, 2.24) is 29.1 Å². The Morgan fingerprint density at radius 3 is 2.52 bits per heavy atom. The fourth-order valence-corrected chi connectivity index (χ4v) is 6.04. The van der Waals surface area contributed by atoms with E-state index in [-0.39, 0.29) is 5.03 Å². The highest BCUT2D eigenvalue weighted by Gasteiger charge is 2.37. The van der Waals surface area contributed by atoms with Gasteiger partial charge in [-0.15, -0.1) is 0 Å². The quantitative estimate of drug-likeness (QED) is 0.597. The number of hydrogen-bond donors (Lipinski definition) is 2. The molecule has 5 heterocycles. The Bertz CT molecular complexity index is 1280. The summed E-state index contributed by atoms with van der Waals surface area (Å²) in [7, 11) is -3.57. The second-order valence-corrected chi connectivity index (χ2v) is 11.3. The minimum absolute atomic E-state index is 0.209. The Balaban J connectivity index is 1.37. The maximum atomic E-state index is 12.5. The number of hydrogen-bond acceptors (Lipinski definition) is 8. The lowest BCUT2D eigenvalue weighted by Crippen LogP contribution is -2.48. The van der Waals surface area contributed by atoms with Crippen LogP contribution in [-0.2, 0) is 15.6 Å². The molecule has 10 nitrogen and oxygen atoms in total. The number of pyridine rings is 1. The van der Waals surface area contributed by atoms with E-state index in [1.807, 2.05) is 26.1 Å². The van der Waals surface area contributed by atoms with Crippen LogP contribution in [0.5, 0.6) is 0 Å². The SMILES string of the molecule is CC(C)N1CCN(c2ccc(Nc3ncc4cc5n(c4n3)C(C)(C)CNS5(=O)=O)nc2)CC1. The molecule has 1 saturated heterocycles. The summed E-state index contributed by atoms with van der Waals surface area (Å²) in [5.41, 5.74) is 1.23. The molecule has 0 aliphatic carbocycles. The van der Waals surface area contributed by atoms with Crippen LogP contribution in [0, 0.1) is 0 Å². The molecule has 176 valence electrons. The first kappa shape index (κ1) is 22.1. The summed E-state index contributed by atoms with van der Waals surface area (Å²) in [6.45, 7) is 12.8. The summed E-state index contributed by atoms with van der Waals surface area (Å²) in [6.07, 6.45) is 3.51. The maximum absolute atomic E-state index is 12.5. The zero-order valence-electron chi connectivity index (χ0n) is 19.4. The molecule has 0 atom stereocenters. The molecule has 3 aromatic rings. The molecule has 3 aromatic heterocycles. The van der Waals surface area contributed by atoms with E-state index in [4.69, 9.17) is 0 Å². The van der Waals surface area contributed by atoms with Crippen LogP contribution in [0.2, 0.25) is 0 Å². The molecule has 0 saturated carbocycles. The highest BCUT2D eigenvalue weighted by molar-refractivity contribution is 7.89. The summed E-state index contributed by atoms with van der Waals surface area (Å²) in [5.74, 6) is 1.01. The summed E-state index contributed by atoms with van der Waals surface area (Å²) >= 11 is 0. The predicted molar refractivity (Wildman–Crippen MR) is 128 cm³/mol. The lowest BCUT2D eigenvalue weighted by Gasteiger charge is -2.38. The zero-order chi connectivity index (χ0) is 23.4. The highest BCUT2D eigenvalue weighted by atomic mass is 32.2. The van der Waals surface area contributed by atoms with Crippen LogP contribution in [0.25, 0.3) is 11.0 Å². The fraction of sp³-hybridized carbons (Fsp3) is 0.500. The van der Waals surface area contributed by atoms with Gasteiger partial charge < -0.3 is 14.8 Å². The topological polar surface area (TPSA) is 108 Å². The normalized spacial score (nSPS) is 20.2. The molecule has 0 aromatic carbocycles.